The van der Waals surface area contributed by atoms with Crippen molar-refractivity contribution in [3.63, 3.8) is 0 Å². The smallest absolute Gasteiger partial charge is 0.475 e. The molecule has 0 unspecified atom stereocenters. The van der Waals surface area contributed by atoms with Gasteiger partial charge in [0, 0.05) is 18.1 Å². The Morgan fingerprint density at radius 1 is 1.08 bits per heavy atom. The third-order valence-corrected chi connectivity index (χ3v) is 4.88. The second-order valence-corrected chi connectivity index (χ2v) is 7.30. The number of nitrogens with one attached hydrogen (secondary N) is 4. The van der Waals surface area contributed by atoms with Crippen LogP contribution in [-0.2, 0) is 4.79 Å². The molecule has 3 aromatic heterocycles. The summed E-state index contributed by atoms with van der Waals surface area (Å²) >= 11 is 0. The fourth-order valence-corrected chi connectivity index (χ4v) is 3.25. The number of nitrogens with zero attached hydrogens (tertiary/aromatic N) is 4. The lowest BCUT2D eigenvalue weighted by Gasteiger charge is -2.20. The first-order chi connectivity index (χ1) is 17.0. The number of halogens is 4. The van der Waals surface area contributed by atoms with Gasteiger partial charge in [-0.2, -0.15) is 23.3 Å². The molecule has 0 fully saturated rings. The number of hydrogen-bond acceptors (Lipinski definition) is 7. The van der Waals surface area contributed by atoms with E-state index < -0.39 is 18.0 Å². The van der Waals surface area contributed by atoms with E-state index >= 15 is 0 Å². The summed E-state index contributed by atoms with van der Waals surface area (Å²) in [6, 6.07) is 10.9. The third-order valence-electron chi connectivity index (χ3n) is 4.88. The maximum atomic E-state index is 14.5. The zero-order valence-electron chi connectivity index (χ0n) is 18.2. The highest BCUT2D eigenvalue weighted by atomic mass is 19.4. The van der Waals surface area contributed by atoms with E-state index in [1.165, 1.54) is 0 Å². The highest BCUT2D eigenvalue weighted by molar-refractivity contribution is 5.93. The normalized spacial score (nSPS) is 11.2. The van der Waals surface area contributed by atoms with Crippen LogP contribution in [-0.4, -0.2) is 54.4 Å². The summed E-state index contributed by atoms with van der Waals surface area (Å²) in [6.07, 6.45) is -2.28. The number of alkyl halides is 3. The Labute approximate surface area is 197 Å². The number of hydrogen-bond donors (Lipinski definition) is 5. The molecule has 3 heterocycles. The number of benzene rings is 2. The van der Waals surface area contributed by atoms with Crippen molar-refractivity contribution in [3.05, 3.63) is 65.1 Å². The maximum absolute atomic E-state index is 14.5. The van der Waals surface area contributed by atoms with E-state index in [1.54, 1.807) is 36.3 Å². The molecule has 0 saturated heterocycles. The van der Waals surface area contributed by atoms with Crippen molar-refractivity contribution in [1.82, 2.24) is 30.1 Å². The van der Waals surface area contributed by atoms with Gasteiger partial charge >= 0.3 is 17.8 Å². The summed E-state index contributed by atoms with van der Waals surface area (Å²) < 4.78 is 46.3. The van der Waals surface area contributed by atoms with Crippen molar-refractivity contribution in [2.45, 2.75) is 6.18 Å². The van der Waals surface area contributed by atoms with Crippen molar-refractivity contribution in [2.75, 3.05) is 17.3 Å². The van der Waals surface area contributed by atoms with Crippen LogP contribution in [0.3, 0.4) is 0 Å². The number of fused-ring (bicyclic) bond motifs is 2. The first-order valence-electron chi connectivity index (χ1n) is 10.0. The first kappa shape index (κ1) is 24.2. The standard InChI is InChI=1S/C19H15FN8O.C2HF3O2/c1-28(16-4-2-3-13-11(16)8-22-27-13)17-12(20)9-21-18(26-17)23-10-5-6-14-15(7-10)25-19(29)24-14;3-2(4,5)1(6)7/h2-9H,1H3,(H,22,27)(H,21,23,26)(H2,24,25,29);(H,6,7). The summed E-state index contributed by atoms with van der Waals surface area (Å²) in [4.78, 5) is 35.7. The molecule has 0 spiro atoms. The number of imidazole rings is 1. The number of aromatic nitrogens is 6. The molecule has 0 radical (unpaired) electrons. The molecule has 0 bridgehead atoms. The first-order valence-corrected chi connectivity index (χ1v) is 10.0. The largest absolute Gasteiger partial charge is 0.490 e. The van der Waals surface area contributed by atoms with Gasteiger partial charge in [-0.05, 0) is 30.3 Å². The number of carboxylic acid groups (broad SMARTS) is 1. The van der Waals surface area contributed by atoms with E-state index in [0.29, 0.717) is 16.7 Å². The molecule has 5 rings (SSSR count). The van der Waals surface area contributed by atoms with Gasteiger partial charge in [0.15, 0.2) is 11.6 Å². The quantitative estimate of drug-likeness (QED) is 0.232. The van der Waals surface area contributed by atoms with Crippen LogP contribution in [0.4, 0.5) is 40.7 Å². The molecule has 0 aliphatic carbocycles. The van der Waals surface area contributed by atoms with Gasteiger partial charge in [-0.25, -0.2) is 19.0 Å². The maximum Gasteiger partial charge on any atom is 0.490 e. The van der Waals surface area contributed by atoms with Crippen molar-refractivity contribution in [3.8, 4) is 0 Å². The van der Waals surface area contributed by atoms with Crippen LogP contribution in [0.1, 0.15) is 0 Å². The number of aliphatic carboxylic acids is 1. The highest BCUT2D eigenvalue weighted by Gasteiger charge is 2.38. The van der Waals surface area contributed by atoms with Crippen molar-refractivity contribution >= 4 is 51.0 Å². The fourth-order valence-electron chi connectivity index (χ4n) is 3.25. The zero-order valence-corrected chi connectivity index (χ0v) is 18.2. The molecular weight excluding hydrogens is 488 g/mol. The minimum Gasteiger partial charge on any atom is -0.475 e. The molecule has 0 amide bonds. The van der Waals surface area contributed by atoms with Gasteiger partial charge in [-0.15, -0.1) is 0 Å². The zero-order chi connectivity index (χ0) is 26.0. The minimum atomic E-state index is -5.08. The average molecular weight is 504 g/mol. The highest BCUT2D eigenvalue weighted by Crippen LogP contribution is 2.31. The van der Waals surface area contributed by atoms with Crippen LogP contribution < -0.4 is 15.9 Å². The predicted molar refractivity (Wildman–Crippen MR) is 122 cm³/mol. The van der Waals surface area contributed by atoms with Gasteiger partial charge in [0.2, 0.25) is 5.95 Å². The molecule has 0 aliphatic rings. The lowest BCUT2D eigenvalue weighted by Crippen LogP contribution is -2.21. The van der Waals surface area contributed by atoms with Gasteiger partial charge in [0.1, 0.15) is 0 Å². The second kappa shape index (κ2) is 9.36. The van der Waals surface area contributed by atoms with Gasteiger partial charge in [-0.3, -0.25) is 5.10 Å². The van der Waals surface area contributed by atoms with Gasteiger partial charge in [0.25, 0.3) is 0 Å². The fraction of sp³-hybridized carbons (Fsp3) is 0.0952. The molecule has 5 aromatic rings. The van der Waals surface area contributed by atoms with Gasteiger partial charge < -0.3 is 25.3 Å². The van der Waals surface area contributed by atoms with Crippen LogP contribution in [0.5, 0.6) is 0 Å². The Hall–Kier alpha value is -4.95. The average Bonchev–Trinajstić information content (AvgIpc) is 3.45. The van der Waals surface area contributed by atoms with E-state index in [4.69, 9.17) is 9.90 Å². The van der Waals surface area contributed by atoms with Crippen molar-refractivity contribution in [1.29, 1.82) is 0 Å². The molecular formula is C21H16F4N8O3. The monoisotopic (exact) mass is 504 g/mol. The van der Waals surface area contributed by atoms with E-state index in [-0.39, 0.29) is 17.5 Å². The van der Waals surface area contributed by atoms with Gasteiger partial charge in [0.05, 0.1) is 34.6 Å². The Balaban J connectivity index is 0.000000384. The molecule has 186 valence electrons. The molecule has 0 atom stereocenters. The summed E-state index contributed by atoms with van der Waals surface area (Å²) in [5.41, 5.74) is 3.31. The van der Waals surface area contributed by atoms with E-state index in [0.717, 1.165) is 22.8 Å². The van der Waals surface area contributed by atoms with E-state index in [2.05, 4.69) is 35.5 Å². The SMILES string of the molecule is CN(c1nc(Nc2ccc3[nH]c(=O)[nH]c3c2)ncc1F)c1cccc2[nH]ncc12.O=C(O)C(F)(F)F. The van der Waals surface area contributed by atoms with Gasteiger partial charge in [-0.1, -0.05) is 6.07 Å². The van der Waals surface area contributed by atoms with Crippen LogP contribution >= 0.6 is 0 Å². The third kappa shape index (κ3) is 5.08. The topological polar surface area (TPSA) is 156 Å². The summed E-state index contributed by atoms with van der Waals surface area (Å²) in [7, 11) is 1.73. The molecule has 0 aliphatic heterocycles. The Morgan fingerprint density at radius 2 is 1.81 bits per heavy atom. The van der Waals surface area contributed by atoms with Crippen molar-refractivity contribution < 1.29 is 27.5 Å². The Morgan fingerprint density at radius 3 is 2.53 bits per heavy atom. The number of H-pyrrole nitrogens is 3. The summed E-state index contributed by atoms with van der Waals surface area (Å²) in [5.74, 6) is -2.96. The van der Waals surface area contributed by atoms with Crippen LogP contribution in [0.15, 0.2) is 53.6 Å². The number of carbonyl (C=O) groups is 1. The van der Waals surface area contributed by atoms with Crippen LogP contribution in [0.25, 0.3) is 21.9 Å². The van der Waals surface area contributed by atoms with Crippen molar-refractivity contribution in [2.24, 2.45) is 0 Å². The Kier molecular flexibility index (Phi) is 6.29. The predicted octanol–water partition coefficient (Wildman–Crippen LogP) is 3.81. The molecule has 36 heavy (non-hydrogen) atoms. The number of carboxylic acids is 1. The lowest BCUT2D eigenvalue weighted by molar-refractivity contribution is -0.192. The van der Waals surface area contributed by atoms with E-state index in [1.807, 2.05) is 18.2 Å². The Bertz CT molecular complexity index is 1610. The molecule has 5 N–H and O–H groups in total. The van der Waals surface area contributed by atoms with Crippen LogP contribution in [0.2, 0.25) is 0 Å². The second-order valence-electron chi connectivity index (χ2n) is 7.30. The molecule has 15 heteroatoms. The number of anilines is 4. The number of rotatable bonds is 4. The molecule has 11 nitrogen and oxygen atoms in total. The summed E-state index contributed by atoms with van der Waals surface area (Å²) in [6.45, 7) is 0. The number of aromatic amines is 3. The molecule has 0 saturated carbocycles. The van der Waals surface area contributed by atoms with E-state index in [9.17, 15) is 22.4 Å². The van der Waals surface area contributed by atoms with Crippen LogP contribution in [0, 0.1) is 5.82 Å². The molecule has 2 aromatic carbocycles. The lowest BCUT2D eigenvalue weighted by atomic mass is 10.2. The minimum absolute atomic E-state index is 0.118. The summed E-state index contributed by atoms with van der Waals surface area (Å²) in [5, 5.41) is 18.0.